The van der Waals surface area contributed by atoms with E-state index in [0.717, 1.165) is 21.0 Å². The molecule has 0 saturated heterocycles. The highest BCUT2D eigenvalue weighted by atomic mass is 35.5. The van der Waals surface area contributed by atoms with Crippen LogP contribution in [-0.2, 0) is 32.6 Å². The van der Waals surface area contributed by atoms with Gasteiger partial charge in [-0.05, 0) is 60.5 Å². The SMILES string of the molecule is CNC(=O)[C@H](Cc1ccccc1)N(Cc1ccc(C)cc1)C(=O)CN(c1cccc(Cl)c1)S(=O)(=O)c1ccc(OC)cc1. The number of aryl methyl sites for hydroxylation is 1. The molecule has 0 unspecified atom stereocenters. The molecule has 0 aliphatic rings. The zero-order valence-corrected chi connectivity index (χ0v) is 25.8. The lowest BCUT2D eigenvalue weighted by Crippen LogP contribution is -2.53. The van der Waals surface area contributed by atoms with Gasteiger partial charge in [-0.25, -0.2) is 8.42 Å². The minimum Gasteiger partial charge on any atom is -0.497 e. The fraction of sp³-hybridized carbons (Fsp3) is 0.212. The second-order valence-electron chi connectivity index (χ2n) is 9.99. The average Bonchev–Trinajstić information content (AvgIpc) is 3.02. The number of ether oxygens (including phenoxy) is 1. The lowest BCUT2D eigenvalue weighted by Gasteiger charge is -2.33. The first-order valence-corrected chi connectivity index (χ1v) is 15.5. The first-order valence-electron chi connectivity index (χ1n) is 13.6. The summed E-state index contributed by atoms with van der Waals surface area (Å²) in [5.41, 5.74) is 2.92. The van der Waals surface area contributed by atoms with Crippen molar-refractivity contribution >= 4 is 39.1 Å². The number of nitrogens with zero attached hydrogens (tertiary/aromatic N) is 2. The maximum atomic E-state index is 14.3. The number of carbonyl (C=O) groups excluding carboxylic acids is 2. The topological polar surface area (TPSA) is 96.0 Å². The van der Waals surface area contributed by atoms with Crippen LogP contribution in [0, 0.1) is 6.92 Å². The van der Waals surface area contributed by atoms with E-state index in [-0.39, 0.29) is 29.5 Å². The molecule has 224 valence electrons. The first-order chi connectivity index (χ1) is 20.6. The van der Waals surface area contributed by atoms with Crippen LogP contribution in [0.5, 0.6) is 5.75 Å². The molecule has 0 aromatic heterocycles. The third-order valence-corrected chi connectivity index (χ3v) is 9.04. The molecule has 1 N–H and O–H groups in total. The number of hydrogen-bond acceptors (Lipinski definition) is 5. The van der Waals surface area contributed by atoms with E-state index in [0.29, 0.717) is 10.8 Å². The summed E-state index contributed by atoms with van der Waals surface area (Å²) < 4.78 is 34.3. The fourth-order valence-corrected chi connectivity index (χ4v) is 6.24. The van der Waals surface area contributed by atoms with Crippen molar-refractivity contribution in [2.24, 2.45) is 0 Å². The first kappa shape index (κ1) is 31.6. The highest BCUT2D eigenvalue weighted by molar-refractivity contribution is 7.92. The molecule has 4 aromatic carbocycles. The van der Waals surface area contributed by atoms with Crippen molar-refractivity contribution in [3.8, 4) is 5.75 Å². The Hall–Kier alpha value is -4.34. The van der Waals surface area contributed by atoms with Gasteiger partial charge in [-0.15, -0.1) is 0 Å². The third-order valence-electron chi connectivity index (χ3n) is 7.01. The van der Waals surface area contributed by atoms with E-state index in [9.17, 15) is 18.0 Å². The Bertz CT molecular complexity index is 1650. The Kier molecular flexibility index (Phi) is 10.4. The molecule has 4 aromatic rings. The molecule has 4 rings (SSSR count). The standard InChI is InChI=1S/C33H34ClN3O5S/c1-24-12-14-26(15-13-24)22-36(31(33(39)35-2)20-25-8-5-4-6-9-25)32(38)23-37(28-11-7-10-27(34)21-28)43(40,41)30-18-16-29(42-3)17-19-30/h4-19,21,31H,20,22-23H2,1-3H3,(H,35,39)/t31-/m0/s1. The number of halogens is 1. The number of benzene rings is 4. The Morgan fingerprint density at radius 2 is 1.56 bits per heavy atom. The summed E-state index contributed by atoms with van der Waals surface area (Å²) in [6.07, 6.45) is 0.237. The van der Waals surface area contributed by atoms with E-state index >= 15 is 0 Å². The number of carbonyl (C=O) groups is 2. The van der Waals surface area contributed by atoms with Gasteiger partial charge in [0.15, 0.2) is 0 Å². The second-order valence-corrected chi connectivity index (χ2v) is 12.3. The number of methoxy groups -OCH3 is 1. The van der Waals surface area contributed by atoms with Gasteiger partial charge in [0.1, 0.15) is 18.3 Å². The van der Waals surface area contributed by atoms with Crippen LogP contribution >= 0.6 is 11.6 Å². The van der Waals surface area contributed by atoms with Crippen LogP contribution in [0.1, 0.15) is 16.7 Å². The van der Waals surface area contributed by atoms with Gasteiger partial charge in [-0.1, -0.05) is 77.8 Å². The van der Waals surface area contributed by atoms with Gasteiger partial charge in [0.25, 0.3) is 10.0 Å². The normalized spacial score (nSPS) is 11.8. The molecule has 0 spiro atoms. The zero-order valence-electron chi connectivity index (χ0n) is 24.2. The smallest absolute Gasteiger partial charge is 0.264 e. The van der Waals surface area contributed by atoms with Crippen molar-refractivity contribution in [3.05, 3.63) is 125 Å². The van der Waals surface area contributed by atoms with Crippen LogP contribution in [-0.4, -0.2) is 51.9 Å². The molecule has 0 aliphatic carbocycles. The minimum absolute atomic E-state index is 0.0294. The van der Waals surface area contributed by atoms with E-state index in [2.05, 4.69) is 5.32 Å². The maximum absolute atomic E-state index is 14.3. The molecular formula is C33H34ClN3O5S. The van der Waals surface area contributed by atoms with E-state index in [4.69, 9.17) is 16.3 Å². The monoisotopic (exact) mass is 619 g/mol. The van der Waals surface area contributed by atoms with Gasteiger partial charge < -0.3 is 15.0 Å². The van der Waals surface area contributed by atoms with E-state index in [1.165, 1.54) is 49.4 Å². The lowest BCUT2D eigenvalue weighted by atomic mass is 10.0. The predicted molar refractivity (Wildman–Crippen MR) is 169 cm³/mol. The molecule has 0 radical (unpaired) electrons. The molecule has 0 heterocycles. The Morgan fingerprint density at radius 3 is 2.16 bits per heavy atom. The summed E-state index contributed by atoms with van der Waals surface area (Å²) >= 11 is 6.26. The van der Waals surface area contributed by atoms with Crippen LogP contribution in [0.4, 0.5) is 5.69 Å². The highest BCUT2D eigenvalue weighted by Crippen LogP contribution is 2.28. The van der Waals surface area contributed by atoms with Crippen molar-refractivity contribution in [2.45, 2.75) is 30.8 Å². The number of nitrogens with one attached hydrogen (secondary N) is 1. The molecule has 1 atom stereocenters. The maximum Gasteiger partial charge on any atom is 0.264 e. The van der Waals surface area contributed by atoms with Gasteiger partial charge >= 0.3 is 0 Å². The fourth-order valence-electron chi connectivity index (χ4n) is 4.65. The predicted octanol–water partition coefficient (Wildman–Crippen LogP) is 5.24. The summed E-state index contributed by atoms with van der Waals surface area (Å²) in [4.78, 5) is 29.0. The molecule has 8 nitrogen and oxygen atoms in total. The molecule has 0 fully saturated rings. The average molecular weight is 620 g/mol. The van der Waals surface area contributed by atoms with Crippen molar-refractivity contribution in [2.75, 3.05) is 25.0 Å². The van der Waals surface area contributed by atoms with Crippen LogP contribution in [0.2, 0.25) is 5.02 Å². The van der Waals surface area contributed by atoms with Crippen LogP contribution in [0.25, 0.3) is 0 Å². The van der Waals surface area contributed by atoms with Crippen molar-refractivity contribution in [1.82, 2.24) is 10.2 Å². The molecule has 0 bridgehead atoms. The number of amides is 2. The lowest BCUT2D eigenvalue weighted by molar-refractivity contribution is -0.139. The quantitative estimate of drug-likeness (QED) is 0.234. The van der Waals surface area contributed by atoms with E-state index < -0.39 is 28.5 Å². The zero-order chi connectivity index (χ0) is 31.0. The van der Waals surface area contributed by atoms with Gasteiger partial charge in [0.2, 0.25) is 11.8 Å². The summed E-state index contributed by atoms with van der Waals surface area (Å²) in [5, 5.41) is 2.99. The van der Waals surface area contributed by atoms with Crippen LogP contribution < -0.4 is 14.4 Å². The molecular weight excluding hydrogens is 586 g/mol. The number of rotatable bonds is 12. The van der Waals surface area contributed by atoms with Crippen molar-refractivity contribution in [1.29, 1.82) is 0 Å². The van der Waals surface area contributed by atoms with Gasteiger partial charge in [0.05, 0.1) is 17.7 Å². The Morgan fingerprint density at radius 1 is 0.884 bits per heavy atom. The summed E-state index contributed by atoms with van der Waals surface area (Å²) in [6.45, 7) is 1.49. The van der Waals surface area contributed by atoms with Crippen LogP contribution in [0.3, 0.4) is 0 Å². The van der Waals surface area contributed by atoms with E-state index in [1.54, 1.807) is 18.2 Å². The minimum atomic E-state index is -4.24. The number of sulfonamides is 1. The largest absolute Gasteiger partial charge is 0.497 e. The summed E-state index contributed by atoms with van der Waals surface area (Å²) in [5.74, 6) is -0.429. The Labute approximate surface area is 257 Å². The van der Waals surface area contributed by atoms with E-state index in [1.807, 2.05) is 61.5 Å². The highest BCUT2D eigenvalue weighted by Gasteiger charge is 2.34. The molecule has 10 heteroatoms. The number of hydrogen-bond donors (Lipinski definition) is 1. The second kappa shape index (κ2) is 14.2. The molecule has 0 aliphatic heterocycles. The number of likely N-dealkylation sites (N-methyl/N-ethyl adjacent to an activating group) is 1. The third kappa shape index (κ3) is 7.94. The summed E-state index contributed by atoms with van der Waals surface area (Å²) in [6, 6.07) is 28.3. The van der Waals surface area contributed by atoms with Crippen LogP contribution in [0.15, 0.2) is 108 Å². The van der Waals surface area contributed by atoms with Crippen molar-refractivity contribution < 1.29 is 22.7 Å². The molecule has 43 heavy (non-hydrogen) atoms. The van der Waals surface area contributed by atoms with Gasteiger partial charge in [0, 0.05) is 25.0 Å². The molecule has 2 amide bonds. The molecule has 0 saturated carbocycles. The van der Waals surface area contributed by atoms with Crippen molar-refractivity contribution in [3.63, 3.8) is 0 Å². The Balaban J connectivity index is 1.78. The number of anilines is 1. The van der Waals surface area contributed by atoms with Gasteiger partial charge in [-0.2, -0.15) is 0 Å². The summed E-state index contributed by atoms with van der Waals surface area (Å²) in [7, 11) is -1.24. The van der Waals surface area contributed by atoms with Gasteiger partial charge in [-0.3, -0.25) is 13.9 Å².